The normalized spacial score (nSPS) is 15.7. The third-order valence-corrected chi connectivity index (χ3v) is 5.06. The third-order valence-electron chi connectivity index (χ3n) is 4.13. The molecule has 0 bridgehead atoms. The number of thioether (sulfide) groups is 1. The van der Waals surface area contributed by atoms with E-state index in [0.29, 0.717) is 11.6 Å². The van der Waals surface area contributed by atoms with Gasteiger partial charge in [0.2, 0.25) is 5.91 Å². The van der Waals surface area contributed by atoms with Gasteiger partial charge in [-0.25, -0.2) is 8.78 Å². The quantitative estimate of drug-likeness (QED) is 0.660. The number of nitrogens with zero attached hydrogens (tertiary/aromatic N) is 2. The number of aliphatic imine (C=N–C) groups is 1. The zero-order valence-corrected chi connectivity index (χ0v) is 14.7. The van der Waals surface area contributed by atoms with Gasteiger partial charge in [-0.15, -0.1) is 0 Å². The van der Waals surface area contributed by atoms with Crippen LogP contribution in [-0.2, 0) is 4.79 Å². The van der Waals surface area contributed by atoms with E-state index in [9.17, 15) is 18.4 Å². The number of hydrogen-bond donors (Lipinski definition) is 0. The Morgan fingerprint density at radius 1 is 1.04 bits per heavy atom. The van der Waals surface area contributed by atoms with Gasteiger partial charge in [0, 0.05) is 11.6 Å². The zero-order chi connectivity index (χ0) is 19.0. The lowest BCUT2D eigenvalue weighted by Gasteiger charge is -2.16. The van der Waals surface area contributed by atoms with Crippen molar-refractivity contribution in [2.45, 2.75) is 0 Å². The Balaban J connectivity index is 1.75. The van der Waals surface area contributed by atoms with Crippen molar-refractivity contribution in [2.24, 2.45) is 4.99 Å². The fourth-order valence-corrected chi connectivity index (χ4v) is 3.76. The lowest BCUT2D eigenvalue weighted by molar-refractivity contribution is -0.115. The van der Waals surface area contributed by atoms with E-state index in [1.54, 1.807) is 12.1 Å². The van der Waals surface area contributed by atoms with Gasteiger partial charge in [0.25, 0.3) is 5.91 Å². The van der Waals surface area contributed by atoms with Crippen molar-refractivity contribution >= 4 is 45.2 Å². The molecule has 0 N–H and O–H groups in total. The SMILES string of the molecule is O=C(N=C1SCC(=O)N1c1ccc(F)cc1F)c1cccc2ccccc12. The molecule has 0 aromatic heterocycles. The van der Waals surface area contributed by atoms with Crippen LogP contribution in [0.15, 0.2) is 65.7 Å². The highest BCUT2D eigenvalue weighted by molar-refractivity contribution is 8.15. The molecule has 1 heterocycles. The minimum Gasteiger partial charge on any atom is -0.273 e. The second-order valence-corrected chi connectivity index (χ2v) is 6.78. The first kappa shape index (κ1) is 17.4. The number of hydrogen-bond acceptors (Lipinski definition) is 3. The number of benzene rings is 3. The molecule has 1 aliphatic rings. The molecule has 4 rings (SSSR count). The Labute approximate surface area is 157 Å². The summed E-state index contributed by atoms with van der Waals surface area (Å²) in [5, 5.41) is 1.70. The first-order valence-electron chi connectivity index (χ1n) is 8.06. The van der Waals surface area contributed by atoms with Gasteiger partial charge in [-0.05, 0) is 29.0 Å². The highest BCUT2D eigenvalue weighted by Crippen LogP contribution is 2.30. The maximum absolute atomic E-state index is 14.1. The molecule has 1 fully saturated rings. The van der Waals surface area contributed by atoms with Crippen LogP contribution in [0.25, 0.3) is 10.8 Å². The summed E-state index contributed by atoms with van der Waals surface area (Å²) < 4.78 is 27.3. The second kappa shape index (κ2) is 6.92. The van der Waals surface area contributed by atoms with Crippen molar-refractivity contribution in [1.82, 2.24) is 0 Å². The Bertz CT molecular complexity index is 1110. The number of amidine groups is 1. The summed E-state index contributed by atoms with van der Waals surface area (Å²) in [6.07, 6.45) is 0. The van der Waals surface area contributed by atoms with Crippen molar-refractivity contribution in [3.63, 3.8) is 0 Å². The number of carbonyl (C=O) groups is 2. The van der Waals surface area contributed by atoms with Gasteiger partial charge in [-0.3, -0.25) is 14.5 Å². The van der Waals surface area contributed by atoms with E-state index in [1.165, 1.54) is 0 Å². The Hall–Kier alpha value is -3.06. The van der Waals surface area contributed by atoms with Crippen LogP contribution in [0, 0.1) is 11.6 Å². The fraction of sp³-hybridized carbons (Fsp3) is 0.0500. The third kappa shape index (κ3) is 3.21. The minimum absolute atomic E-state index is 0.0263. The van der Waals surface area contributed by atoms with E-state index in [0.717, 1.165) is 39.6 Å². The predicted molar refractivity (Wildman–Crippen MR) is 102 cm³/mol. The van der Waals surface area contributed by atoms with Crippen LogP contribution in [-0.4, -0.2) is 22.7 Å². The van der Waals surface area contributed by atoms with Crippen LogP contribution in [0.3, 0.4) is 0 Å². The number of rotatable bonds is 2. The van der Waals surface area contributed by atoms with Crippen molar-refractivity contribution in [1.29, 1.82) is 0 Å². The average molecular weight is 382 g/mol. The summed E-state index contributed by atoms with van der Waals surface area (Å²) in [7, 11) is 0. The number of carbonyl (C=O) groups excluding carboxylic acids is 2. The van der Waals surface area contributed by atoms with E-state index in [2.05, 4.69) is 4.99 Å². The van der Waals surface area contributed by atoms with E-state index < -0.39 is 23.4 Å². The molecular weight excluding hydrogens is 370 g/mol. The molecule has 3 aromatic rings. The molecule has 0 spiro atoms. The van der Waals surface area contributed by atoms with Gasteiger partial charge >= 0.3 is 0 Å². The van der Waals surface area contributed by atoms with Crippen LogP contribution >= 0.6 is 11.8 Å². The molecule has 0 unspecified atom stereocenters. The van der Waals surface area contributed by atoms with Crippen LogP contribution in [0.5, 0.6) is 0 Å². The van der Waals surface area contributed by atoms with E-state index in [1.807, 2.05) is 30.3 Å². The smallest absolute Gasteiger partial charge is 0.273 e. The first-order chi connectivity index (χ1) is 13.0. The van der Waals surface area contributed by atoms with Crippen molar-refractivity contribution in [2.75, 3.05) is 10.7 Å². The average Bonchev–Trinajstić information content (AvgIpc) is 3.01. The summed E-state index contributed by atoms with van der Waals surface area (Å²) >= 11 is 1.04. The predicted octanol–water partition coefficient (Wildman–Crippen LogP) is 4.39. The Kier molecular flexibility index (Phi) is 4.45. The first-order valence-corrected chi connectivity index (χ1v) is 9.05. The van der Waals surface area contributed by atoms with E-state index >= 15 is 0 Å². The van der Waals surface area contributed by atoms with E-state index in [4.69, 9.17) is 0 Å². The number of anilines is 1. The highest BCUT2D eigenvalue weighted by atomic mass is 32.2. The molecule has 0 atom stereocenters. The molecule has 27 heavy (non-hydrogen) atoms. The molecule has 4 nitrogen and oxygen atoms in total. The van der Waals surface area contributed by atoms with Crippen molar-refractivity contribution < 1.29 is 18.4 Å². The maximum Gasteiger partial charge on any atom is 0.280 e. The molecule has 0 aliphatic carbocycles. The summed E-state index contributed by atoms with van der Waals surface area (Å²) in [6.45, 7) is 0. The summed E-state index contributed by atoms with van der Waals surface area (Å²) in [4.78, 5) is 30.0. The zero-order valence-electron chi connectivity index (χ0n) is 13.9. The standard InChI is InChI=1S/C20H12F2N2O2S/c21-13-8-9-17(16(22)10-13)24-18(25)11-27-20(24)23-19(26)15-7-3-5-12-4-1-2-6-14(12)15/h1-10H,11H2. The molecule has 7 heteroatoms. The van der Waals surface area contributed by atoms with Crippen LogP contribution in [0.1, 0.15) is 10.4 Å². The van der Waals surface area contributed by atoms with Crippen molar-refractivity contribution in [3.05, 3.63) is 77.9 Å². The number of fused-ring (bicyclic) bond motifs is 1. The maximum atomic E-state index is 14.1. The molecule has 1 saturated heterocycles. The summed E-state index contributed by atoms with van der Waals surface area (Å²) in [5.74, 6) is -2.57. The summed E-state index contributed by atoms with van der Waals surface area (Å²) in [5.41, 5.74) is 0.260. The number of halogens is 2. The Morgan fingerprint density at radius 3 is 2.63 bits per heavy atom. The lowest BCUT2D eigenvalue weighted by Crippen LogP contribution is -2.30. The van der Waals surface area contributed by atoms with Gasteiger partial charge in [-0.2, -0.15) is 4.99 Å². The lowest BCUT2D eigenvalue weighted by atomic mass is 10.0. The largest absolute Gasteiger partial charge is 0.280 e. The summed E-state index contributed by atoms with van der Waals surface area (Å²) in [6, 6.07) is 15.6. The Morgan fingerprint density at radius 2 is 1.81 bits per heavy atom. The molecule has 2 amide bonds. The monoisotopic (exact) mass is 382 g/mol. The van der Waals surface area contributed by atoms with E-state index in [-0.39, 0.29) is 16.6 Å². The number of amides is 2. The van der Waals surface area contributed by atoms with Crippen LogP contribution < -0.4 is 4.90 Å². The molecule has 134 valence electrons. The molecule has 3 aromatic carbocycles. The topological polar surface area (TPSA) is 49.7 Å². The van der Waals surface area contributed by atoms with Gasteiger partial charge < -0.3 is 0 Å². The molecule has 0 radical (unpaired) electrons. The second-order valence-electron chi connectivity index (χ2n) is 5.84. The molecular formula is C20H12F2N2O2S. The van der Waals surface area contributed by atoms with Gasteiger partial charge in [0.15, 0.2) is 5.17 Å². The molecule has 0 saturated carbocycles. The molecule has 1 aliphatic heterocycles. The van der Waals surface area contributed by atoms with Crippen molar-refractivity contribution in [3.8, 4) is 0 Å². The van der Waals surface area contributed by atoms with Gasteiger partial charge in [0.1, 0.15) is 11.6 Å². The minimum atomic E-state index is -0.892. The fourth-order valence-electron chi connectivity index (χ4n) is 2.90. The van der Waals surface area contributed by atoms with Gasteiger partial charge in [-0.1, -0.05) is 48.2 Å². The van der Waals surface area contributed by atoms with Gasteiger partial charge in [0.05, 0.1) is 11.4 Å². The van der Waals surface area contributed by atoms with Crippen LogP contribution in [0.4, 0.5) is 14.5 Å². The highest BCUT2D eigenvalue weighted by Gasteiger charge is 2.32. The van der Waals surface area contributed by atoms with Crippen LogP contribution in [0.2, 0.25) is 0 Å².